The second kappa shape index (κ2) is 8.91. The summed E-state index contributed by atoms with van der Waals surface area (Å²) in [6, 6.07) is 13.3. The van der Waals surface area contributed by atoms with Crippen LogP contribution in [0.15, 0.2) is 54.6 Å². The van der Waals surface area contributed by atoms with E-state index in [1.807, 2.05) is 35.6 Å². The molecule has 0 radical (unpaired) electrons. The van der Waals surface area contributed by atoms with E-state index in [0.29, 0.717) is 0 Å². The molecule has 2 aromatic carbocycles. The molecule has 26 heavy (non-hydrogen) atoms. The van der Waals surface area contributed by atoms with Crippen LogP contribution in [0, 0.1) is 0 Å². The maximum atomic E-state index is 12.3. The van der Waals surface area contributed by atoms with Gasteiger partial charge in [0, 0.05) is 0 Å². The number of primary amides is 1. The van der Waals surface area contributed by atoms with Crippen LogP contribution in [0.3, 0.4) is 0 Å². The summed E-state index contributed by atoms with van der Waals surface area (Å²) in [4.78, 5) is 22.8. The lowest BCUT2D eigenvalue weighted by molar-refractivity contribution is -0.121. The number of urea groups is 1. The van der Waals surface area contributed by atoms with E-state index in [9.17, 15) is 18.4 Å². The fraction of sp³-hybridized carbons (Fsp3) is 0.222. The van der Waals surface area contributed by atoms with Crippen molar-refractivity contribution < 1.29 is 23.1 Å². The highest BCUT2D eigenvalue weighted by Gasteiger charge is 2.21. The van der Waals surface area contributed by atoms with Crippen molar-refractivity contribution in [1.29, 1.82) is 0 Å². The van der Waals surface area contributed by atoms with E-state index >= 15 is 0 Å². The maximum Gasteiger partial charge on any atom is 0.387 e. The lowest BCUT2D eigenvalue weighted by atomic mass is 9.97. The van der Waals surface area contributed by atoms with E-state index < -0.39 is 30.6 Å². The van der Waals surface area contributed by atoms with Gasteiger partial charge in [-0.05, 0) is 30.2 Å². The van der Waals surface area contributed by atoms with Gasteiger partial charge in [-0.2, -0.15) is 8.78 Å². The number of carbonyl (C=O) groups excluding carboxylic acids is 2. The van der Waals surface area contributed by atoms with Crippen LogP contribution in [-0.4, -0.2) is 24.6 Å². The molecular formula is C18H19F2N3O3. The van der Waals surface area contributed by atoms with Crippen LogP contribution in [0.5, 0.6) is 5.75 Å². The van der Waals surface area contributed by atoms with Gasteiger partial charge in [0.05, 0.1) is 12.1 Å². The fourth-order valence-corrected chi connectivity index (χ4v) is 2.43. The van der Waals surface area contributed by atoms with Crippen molar-refractivity contribution in [3.05, 3.63) is 65.7 Å². The van der Waals surface area contributed by atoms with Crippen molar-refractivity contribution >= 4 is 11.9 Å². The van der Waals surface area contributed by atoms with Gasteiger partial charge in [0.2, 0.25) is 5.91 Å². The van der Waals surface area contributed by atoms with Gasteiger partial charge in [-0.15, -0.1) is 0 Å². The smallest absolute Gasteiger partial charge is 0.387 e. The number of nitrogens with one attached hydrogen (secondary N) is 2. The number of rotatable bonds is 7. The Balaban J connectivity index is 2.24. The van der Waals surface area contributed by atoms with Gasteiger partial charge in [-0.1, -0.05) is 42.5 Å². The Morgan fingerprint density at radius 2 is 1.58 bits per heavy atom. The number of nitrogens with two attached hydrogens (primary N) is 1. The molecule has 138 valence electrons. The number of ether oxygens (including phenoxy) is 1. The van der Waals surface area contributed by atoms with Crippen molar-refractivity contribution in [2.45, 2.75) is 25.6 Å². The topological polar surface area (TPSA) is 93.4 Å². The Morgan fingerprint density at radius 3 is 2.12 bits per heavy atom. The molecule has 0 aromatic heterocycles. The average molecular weight is 363 g/mol. The zero-order chi connectivity index (χ0) is 19.1. The summed E-state index contributed by atoms with van der Waals surface area (Å²) in [6.07, 6.45) is 0. The predicted octanol–water partition coefficient (Wildman–Crippen LogP) is 2.55. The fourth-order valence-electron chi connectivity index (χ4n) is 2.43. The molecule has 2 aromatic rings. The molecule has 0 heterocycles. The van der Waals surface area contributed by atoms with E-state index in [4.69, 9.17) is 5.73 Å². The van der Waals surface area contributed by atoms with Crippen LogP contribution in [0.25, 0.3) is 0 Å². The summed E-state index contributed by atoms with van der Waals surface area (Å²) in [5, 5.41) is 5.12. The monoisotopic (exact) mass is 363 g/mol. The van der Waals surface area contributed by atoms with Crippen molar-refractivity contribution in [3.8, 4) is 5.75 Å². The summed E-state index contributed by atoms with van der Waals surface area (Å²) < 4.78 is 28.9. The third-order valence-corrected chi connectivity index (χ3v) is 3.63. The minimum absolute atomic E-state index is 0.0371. The third-order valence-electron chi connectivity index (χ3n) is 3.63. The zero-order valence-corrected chi connectivity index (χ0v) is 14.0. The van der Waals surface area contributed by atoms with Crippen molar-refractivity contribution in [3.63, 3.8) is 0 Å². The number of hydrogen-bond donors (Lipinski definition) is 3. The summed E-state index contributed by atoms with van der Waals surface area (Å²) in [7, 11) is 0. The van der Waals surface area contributed by atoms with Gasteiger partial charge in [0.25, 0.3) is 0 Å². The van der Waals surface area contributed by atoms with E-state index in [1.54, 1.807) is 19.1 Å². The van der Waals surface area contributed by atoms with Crippen LogP contribution < -0.4 is 21.1 Å². The molecule has 0 aliphatic rings. The first kappa shape index (κ1) is 19.3. The van der Waals surface area contributed by atoms with Gasteiger partial charge in [-0.25, -0.2) is 4.79 Å². The Kier molecular flexibility index (Phi) is 6.62. The number of amides is 3. The molecule has 0 saturated carbocycles. The quantitative estimate of drug-likeness (QED) is 0.705. The van der Waals surface area contributed by atoms with Crippen molar-refractivity contribution in [2.24, 2.45) is 5.73 Å². The van der Waals surface area contributed by atoms with E-state index in [0.717, 1.165) is 11.1 Å². The average Bonchev–Trinajstić information content (AvgIpc) is 2.60. The molecule has 6 nitrogen and oxygen atoms in total. The van der Waals surface area contributed by atoms with Gasteiger partial charge in [-0.3, -0.25) is 15.4 Å². The third kappa shape index (κ3) is 5.52. The zero-order valence-electron chi connectivity index (χ0n) is 14.0. The molecule has 0 unspecified atom stereocenters. The van der Waals surface area contributed by atoms with Gasteiger partial charge in [0.1, 0.15) is 5.75 Å². The van der Waals surface area contributed by atoms with E-state index in [1.165, 1.54) is 12.1 Å². The Labute approximate surface area is 149 Å². The molecule has 0 bridgehead atoms. The number of alkyl halides is 2. The SMILES string of the molecule is C[C@@H](N[C@@H](c1ccccc1)c1ccc(OC(F)F)cc1)C(=O)NC(N)=O. The van der Waals surface area contributed by atoms with Crippen molar-refractivity contribution in [2.75, 3.05) is 0 Å². The van der Waals surface area contributed by atoms with Crippen molar-refractivity contribution in [1.82, 2.24) is 10.6 Å². The highest BCUT2D eigenvalue weighted by atomic mass is 19.3. The van der Waals surface area contributed by atoms with Gasteiger partial charge < -0.3 is 10.5 Å². The van der Waals surface area contributed by atoms with Crippen LogP contribution in [0.2, 0.25) is 0 Å². The predicted molar refractivity (Wildman–Crippen MR) is 91.7 cm³/mol. The highest BCUT2D eigenvalue weighted by molar-refractivity contribution is 5.96. The number of benzene rings is 2. The van der Waals surface area contributed by atoms with E-state index in [-0.39, 0.29) is 5.75 Å². The summed E-state index contributed by atoms with van der Waals surface area (Å²) in [5.74, 6) is -0.536. The number of carbonyl (C=O) groups is 2. The second-order valence-corrected chi connectivity index (χ2v) is 5.53. The molecule has 4 N–H and O–H groups in total. The summed E-state index contributed by atoms with van der Waals surface area (Å²) in [6.45, 7) is -1.32. The lowest BCUT2D eigenvalue weighted by Crippen LogP contribution is -2.47. The maximum absolute atomic E-state index is 12.3. The summed E-state index contributed by atoms with van der Waals surface area (Å²) in [5.41, 5.74) is 6.55. The Morgan fingerprint density at radius 1 is 1.00 bits per heavy atom. The molecular weight excluding hydrogens is 344 g/mol. The number of halogens is 2. The highest BCUT2D eigenvalue weighted by Crippen LogP contribution is 2.25. The molecule has 3 amide bonds. The van der Waals surface area contributed by atoms with Crippen LogP contribution in [0.4, 0.5) is 13.6 Å². The van der Waals surface area contributed by atoms with Gasteiger partial charge in [0.15, 0.2) is 0 Å². The first-order valence-electron chi connectivity index (χ1n) is 7.83. The normalized spacial score (nSPS) is 13.1. The Bertz CT molecular complexity index is 739. The van der Waals surface area contributed by atoms with E-state index in [2.05, 4.69) is 10.1 Å². The molecule has 2 atom stereocenters. The largest absolute Gasteiger partial charge is 0.435 e. The summed E-state index contributed by atoms with van der Waals surface area (Å²) >= 11 is 0. The minimum atomic E-state index is -2.90. The second-order valence-electron chi connectivity index (χ2n) is 5.53. The lowest BCUT2D eigenvalue weighted by Gasteiger charge is -2.24. The minimum Gasteiger partial charge on any atom is -0.435 e. The van der Waals surface area contributed by atoms with Crippen LogP contribution in [0.1, 0.15) is 24.1 Å². The number of hydrogen-bond acceptors (Lipinski definition) is 4. The first-order valence-corrected chi connectivity index (χ1v) is 7.83. The standard InChI is InChI=1S/C18H19F2N3O3/c1-11(16(24)23-18(21)25)22-15(12-5-3-2-4-6-12)13-7-9-14(10-8-13)26-17(19)20/h2-11,15,17,22H,1H3,(H3,21,23,24,25)/t11-,15+/m1/s1. The Hall–Kier alpha value is -3.00. The molecule has 8 heteroatoms. The first-order chi connectivity index (χ1) is 12.4. The van der Waals surface area contributed by atoms with Crippen LogP contribution in [-0.2, 0) is 4.79 Å². The van der Waals surface area contributed by atoms with Gasteiger partial charge >= 0.3 is 12.6 Å². The number of imide groups is 1. The van der Waals surface area contributed by atoms with Crippen LogP contribution >= 0.6 is 0 Å². The molecule has 0 fully saturated rings. The molecule has 0 aliphatic heterocycles. The molecule has 0 aliphatic carbocycles. The molecule has 0 saturated heterocycles. The molecule has 2 rings (SSSR count). The molecule has 0 spiro atoms.